The number of hydrogen-bond donors (Lipinski definition) is 1. The van der Waals surface area contributed by atoms with E-state index >= 15 is 0 Å². The predicted molar refractivity (Wildman–Crippen MR) is 132 cm³/mol. The van der Waals surface area contributed by atoms with Crippen molar-refractivity contribution in [1.82, 2.24) is 15.3 Å². The third kappa shape index (κ3) is 6.87. The molecule has 0 spiro atoms. The zero-order chi connectivity index (χ0) is 26.0. The van der Waals surface area contributed by atoms with Gasteiger partial charge in [-0.1, -0.05) is 13.8 Å². The topological polar surface area (TPSA) is 73.3 Å². The number of aromatic nitrogens is 2. The van der Waals surface area contributed by atoms with E-state index in [9.17, 15) is 13.6 Å². The molecule has 0 aliphatic heterocycles. The smallest absolute Gasteiger partial charge is 0.408 e. The van der Waals surface area contributed by atoms with Gasteiger partial charge in [0.25, 0.3) is 0 Å². The maximum absolute atomic E-state index is 14.6. The van der Waals surface area contributed by atoms with Crippen LogP contribution in [0.4, 0.5) is 13.6 Å². The summed E-state index contributed by atoms with van der Waals surface area (Å²) in [6, 6.07) is 5.47. The quantitative estimate of drug-likeness (QED) is 0.409. The number of pyridine rings is 2. The number of aryl methyl sites for hydroxylation is 1. The molecular weight excluding hydrogens is 452 g/mol. The molecule has 2 aromatic heterocycles. The minimum Gasteiger partial charge on any atom is -0.489 e. The first-order valence-electron chi connectivity index (χ1n) is 11.6. The Hall–Kier alpha value is -3.29. The number of hydrogen-bond acceptors (Lipinski definition) is 5. The van der Waals surface area contributed by atoms with Crippen LogP contribution in [0.1, 0.15) is 53.5 Å². The molecule has 0 aliphatic rings. The van der Waals surface area contributed by atoms with E-state index in [0.29, 0.717) is 29.3 Å². The zero-order valence-electron chi connectivity index (χ0n) is 21.3. The Labute approximate surface area is 205 Å². The van der Waals surface area contributed by atoms with Gasteiger partial charge in [0.15, 0.2) is 0 Å². The average Bonchev–Trinajstić information content (AvgIpc) is 2.70. The molecule has 3 aromatic rings. The van der Waals surface area contributed by atoms with Crippen LogP contribution in [-0.2, 0) is 4.74 Å². The lowest BCUT2D eigenvalue weighted by atomic mass is 9.91. The van der Waals surface area contributed by atoms with Gasteiger partial charge < -0.3 is 14.8 Å². The molecule has 1 aromatic carbocycles. The summed E-state index contributed by atoms with van der Waals surface area (Å²) in [4.78, 5) is 21.0. The molecule has 0 aliphatic carbocycles. The number of amides is 1. The maximum atomic E-state index is 14.6. The standard InChI is InChI=1S/C27H33F2N3O3/c1-16(2)13-27(7,32-25(33)35-26(4,5)6)15-34-23-14-31-21(10-17(23)3)19-8-9-30-22-12-18(28)11-20(29)24(19)22/h8-12,14,16H,13,15H2,1-7H3,(H,32,33)/t27-/m0/s1. The molecule has 0 bridgehead atoms. The van der Waals surface area contributed by atoms with Crippen molar-refractivity contribution in [2.45, 2.75) is 66.0 Å². The molecule has 35 heavy (non-hydrogen) atoms. The number of carbonyl (C=O) groups is 1. The average molecular weight is 486 g/mol. The fraction of sp³-hybridized carbons (Fsp3) is 0.444. The second kappa shape index (κ2) is 10.1. The summed E-state index contributed by atoms with van der Waals surface area (Å²) in [6.07, 6.45) is 3.24. The van der Waals surface area contributed by atoms with Gasteiger partial charge in [-0.2, -0.15) is 0 Å². The normalized spacial score (nSPS) is 13.5. The van der Waals surface area contributed by atoms with Gasteiger partial charge in [0, 0.05) is 29.3 Å². The molecule has 0 unspecified atom stereocenters. The molecule has 1 atom stereocenters. The van der Waals surface area contributed by atoms with E-state index in [4.69, 9.17) is 9.47 Å². The van der Waals surface area contributed by atoms with Crippen molar-refractivity contribution in [3.05, 3.63) is 53.9 Å². The molecule has 1 amide bonds. The number of fused-ring (bicyclic) bond motifs is 1. The van der Waals surface area contributed by atoms with Crippen molar-refractivity contribution >= 4 is 17.0 Å². The number of nitrogens with zero attached hydrogens (tertiary/aromatic N) is 2. The Bertz CT molecular complexity index is 1220. The Balaban J connectivity index is 1.83. The van der Waals surface area contributed by atoms with E-state index in [1.807, 2.05) is 34.6 Å². The molecule has 1 N–H and O–H groups in total. The fourth-order valence-electron chi connectivity index (χ4n) is 4.09. The summed E-state index contributed by atoms with van der Waals surface area (Å²) in [5, 5.41) is 3.16. The van der Waals surface area contributed by atoms with Gasteiger partial charge >= 0.3 is 6.09 Å². The zero-order valence-corrected chi connectivity index (χ0v) is 21.3. The van der Waals surface area contributed by atoms with E-state index in [0.717, 1.165) is 11.6 Å². The van der Waals surface area contributed by atoms with Crippen LogP contribution < -0.4 is 10.1 Å². The van der Waals surface area contributed by atoms with Crippen molar-refractivity contribution in [2.24, 2.45) is 5.92 Å². The lowest BCUT2D eigenvalue weighted by molar-refractivity contribution is 0.0407. The molecule has 3 rings (SSSR count). The van der Waals surface area contributed by atoms with E-state index in [2.05, 4.69) is 29.1 Å². The molecule has 6 nitrogen and oxygen atoms in total. The van der Waals surface area contributed by atoms with Crippen LogP contribution in [0.3, 0.4) is 0 Å². The third-order valence-electron chi connectivity index (χ3n) is 5.30. The van der Waals surface area contributed by atoms with Crippen LogP contribution >= 0.6 is 0 Å². The van der Waals surface area contributed by atoms with Crippen molar-refractivity contribution in [2.75, 3.05) is 6.61 Å². The van der Waals surface area contributed by atoms with E-state index in [-0.39, 0.29) is 17.5 Å². The number of carbonyl (C=O) groups excluding carboxylic acids is 1. The highest BCUT2D eigenvalue weighted by Gasteiger charge is 2.31. The van der Waals surface area contributed by atoms with Gasteiger partial charge in [-0.25, -0.2) is 13.6 Å². The van der Waals surface area contributed by atoms with Crippen LogP contribution in [0.5, 0.6) is 5.75 Å². The highest BCUT2D eigenvalue weighted by molar-refractivity contribution is 5.94. The van der Waals surface area contributed by atoms with E-state index in [1.165, 1.54) is 12.3 Å². The SMILES string of the molecule is Cc1cc(-c2ccnc3cc(F)cc(F)c23)ncc1OC[C@](C)(CC(C)C)NC(=O)OC(C)(C)C. The van der Waals surface area contributed by atoms with Gasteiger partial charge in [0.1, 0.15) is 29.6 Å². The summed E-state index contributed by atoms with van der Waals surface area (Å²) in [6.45, 7) is 13.6. The fourth-order valence-corrected chi connectivity index (χ4v) is 4.09. The molecule has 0 fully saturated rings. The number of benzene rings is 1. The molecule has 2 heterocycles. The van der Waals surface area contributed by atoms with Crippen molar-refractivity contribution in [3.8, 4) is 17.0 Å². The van der Waals surface area contributed by atoms with E-state index in [1.54, 1.807) is 18.3 Å². The van der Waals surface area contributed by atoms with Crippen molar-refractivity contribution in [3.63, 3.8) is 0 Å². The van der Waals surface area contributed by atoms with Gasteiger partial charge in [0.2, 0.25) is 0 Å². The minimum atomic E-state index is -0.694. The number of ether oxygens (including phenoxy) is 2. The van der Waals surface area contributed by atoms with Gasteiger partial charge in [0.05, 0.1) is 22.9 Å². The van der Waals surface area contributed by atoms with Crippen LogP contribution in [0.2, 0.25) is 0 Å². The summed E-state index contributed by atoms with van der Waals surface area (Å²) in [5.74, 6) is -0.531. The Morgan fingerprint density at radius 2 is 1.83 bits per heavy atom. The molecule has 8 heteroatoms. The second-order valence-electron chi connectivity index (χ2n) is 10.5. The van der Waals surface area contributed by atoms with Gasteiger partial charge in [-0.15, -0.1) is 0 Å². The Morgan fingerprint density at radius 3 is 2.46 bits per heavy atom. The largest absolute Gasteiger partial charge is 0.489 e. The monoisotopic (exact) mass is 485 g/mol. The van der Waals surface area contributed by atoms with Crippen LogP contribution in [0, 0.1) is 24.5 Å². The molecule has 0 saturated heterocycles. The van der Waals surface area contributed by atoms with Crippen molar-refractivity contribution in [1.29, 1.82) is 0 Å². The van der Waals surface area contributed by atoms with Crippen LogP contribution in [0.15, 0.2) is 36.7 Å². The molecule has 0 radical (unpaired) electrons. The summed E-state index contributed by atoms with van der Waals surface area (Å²) in [5.41, 5.74) is 0.755. The van der Waals surface area contributed by atoms with Gasteiger partial charge in [-0.3, -0.25) is 9.97 Å². The van der Waals surface area contributed by atoms with Crippen LogP contribution in [0.25, 0.3) is 22.2 Å². The first-order valence-corrected chi connectivity index (χ1v) is 11.6. The lowest BCUT2D eigenvalue weighted by Crippen LogP contribution is -2.52. The highest BCUT2D eigenvalue weighted by atomic mass is 19.1. The van der Waals surface area contributed by atoms with Crippen LogP contribution in [-0.4, -0.2) is 33.8 Å². The first-order chi connectivity index (χ1) is 16.3. The third-order valence-corrected chi connectivity index (χ3v) is 5.30. The number of rotatable bonds is 7. The Morgan fingerprint density at radius 1 is 1.11 bits per heavy atom. The molecular formula is C27H33F2N3O3. The second-order valence-corrected chi connectivity index (χ2v) is 10.5. The Kier molecular flexibility index (Phi) is 7.62. The number of halogens is 2. The summed E-state index contributed by atoms with van der Waals surface area (Å²) >= 11 is 0. The van der Waals surface area contributed by atoms with Crippen molar-refractivity contribution < 1.29 is 23.0 Å². The summed E-state index contributed by atoms with van der Waals surface area (Å²) in [7, 11) is 0. The lowest BCUT2D eigenvalue weighted by Gasteiger charge is -2.33. The van der Waals surface area contributed by atoms with E-state index < -0.39 is 28.9 Å². The van der Waals surface area contributed by atoms with Gasteiger partial charge in [-0.05, 0) is 64.7 Å². The first kappa shape index (κ1) is 26.3. The number of nitrogens with one attached hydrogen (secondary N) is 1. The number of alkyl carbamates (subject to hydrolysis) is 1. The maximum Gasteiger partial charge on any atom is 0.408 e. The summed E-state index contributed by atoms with van der Waals surface area (Å²) < 4.78 is 39.7. The molecule has 188 valence electrons. The highest BCUT2D eigenvalue weighted by Crippen LogP contribution is 2.31. The predicted octanol–water partition coefficient (Wildman–Crippen LogP) is 6.59. The minimum absolute atomic E-state index is 0.207. The molecule has 0 saturated carbocycles.